The molecule has 0 bridgehead atoms. The van der Waals surface area contributed by atoms with Gasteiger partial charge in [-0.15, -0.1) is 0 Å². The van der Waals surface area contributed by atoms with Crippen molar-refractivity contribution in [2.24, 2.45) is 0 Å². The first kappa shape index (κ1) is 20.2. The number of nitrogens with zero attached hydrogens (tertiary/aromatic N) is 3. The molecule has 0 aliphatic carbocycles. The van der Waals surface area contributed by atoms with Crippen LogP contribution in [0.1, 0.15) is 11.1 Å². The summed E-state index contributed by atoms with van der Waals surface area (Å²) in [7, 11) is 0. The largest absolute Gasteiger partial charge is 0.484 e. The number of amides is 1. The van der Waals surface area contributed by atoms with Gasteiger partial charge in [-0.2, -0.15) is 5.10 Å². The number of rotatable bonds is 8. The second-order valence-electron chi connectivity index (χ2n) is 6.98. The van der Waals surface area contributed by atoms with Gasteiger partial charge in [0, 0.05) is 24.7 Å². The van der Waals surface area contributed by atoms with Gasteiger partial charge in [-0.3, -0.25) is 14.5 Å². The Bertz CT molecular complexity index is 1120. The number of pyridine rings is 1. The van der Waals surface area contributed by atoms with E-state index in [9.17, 15) is 4.79 Å². The maximum atomic E-state index is 12.2. The Morgan fingerprint density at radius 1 is 0.903 bits per heavy atom. The molecule has 0 saturated carbocycles. The summed E-state index contributed by atoms with van der Waals surface area (Å²) in [6.07, 6.45) is 5.28. The summed E-state index contributed by atoms with van der Waals surface area (Å²) >= 11 is 0. The van der Waals surface area contributed by atoms with Gasteiger partial charge in [0.15, 0.2) is 12.4 Å². The maximum Gasteiger partial charge on any atom is 0.263 e. The van der Waals surface area contributed by atoms with E-state index in [1.807, 2.05) is 49.5 Å². The highest BCUT2D eigenvalue weighted by molar-refractivity contribution is 5.90. The highest BCUT2D eigenvalue weighted by Crippen LogP contribution is 2.24. The molecule has 0 radical (unpaired) electrons. The van der Waals surface area contributed by atoms with Gasteiger partial charge in [0.05, 0.1) is 6.54 Å². The molecule has 0 spiro atoms. The molecule has 0 saturated heterocycles. The van der Waals surface area contributed by atoms with Crippen molar-refractivity contribution in [3.63, 3.8) is 0 Å². The molecule has 2 aromatic carbocycles. The van der Waals surface area contributed by atoms with Crippen molar-refractivity contribution in [2.75, 3.05) is 11.9 Å². The number of hydrogen-bond donors (Lipinski definition) is 1. The Hall–Kier alpha value is -4.13. The van der Waals surface area contributed by atoms with Gasteiger partial charge in [-0.05, 0) is 61.0 Å². The Morgan fingerprint density at radius 3 is 2.26 bits per heavy atom. The van der Waals surface area contributed by atoms with E-state index < -0.39 is 0 Å². The lowest BCUT2D eigenvalue weighted by atomic mass is 10.2. The number of carbonyl (C=O) groups is 1. The molecule has 7 heteroatoms. The first-order valence-corrected chi connectivity index (χ1v) is 9.84. The van der Waals surface area contributed by atoms with Crippen molar-refractivity contribution in [1.82, 2.24) is 14.8 Å². The van der Waals surface area contributed by atoms with Gasteiger partial charge in [0.1, 0.15) is 17.2 Å². The summed E-state index contributed by atoms with van der Waals surface area (Å²) in [5.74, 6) is 2.23. The zero-order valence-electron chi connectivity index (χ0n) is 17.1. The van der Waals surface area contributed by atoms with Gasteiger partial charge in [-0.1, -0.05) is 17.7 Å². The topological polar surface area (TPSA) is 78.3 Å². The fourth-order valence-electron chi connectivity index (χ4n) is 2.87. The van der Waals surface area contributed by atoms with Crippen LogP contribution in [0, 0.1) is 6.92 Å². The zero-order chi connectivity index (χ0) is 21.5. The van der Waals surface area contributed by atoms with Gasteiger partial charge >= 0.3 is 0 Å². The van der Waals surface area contributed by atoms with Crippen molar-refractivity contribution in [2.45, 2.75) is 13.5 Å². The molecule has 31 heavy (non-hydrogen) atoms. The minimum absolute atomic E-state index is 0.116. The normalized spacial score (nSPS) is 10.5. The number of aryl methyl sites for hydroxylation is 1. The first-order chi connectivity index (χ1) is 15.1. The quantitative estimate of drug-likeness (QED) is 0.461. The standard InChI is InChI=1S/C24H22N4O3/c1-18-2-4-21(5-3-18)31-22-8-6-20(7-9-22)30-17-24(29)26-23-12-15-28(27-23)16-19-10-13-25-14-11-19/h2-15H,16-17H2,1H3,(H,26,27,29). The second kappa shape index (κ2) is 9.58. The van der Waals surface area contributed by atoms with E-state index >= 15 is 0 Å². The van der Waals surface area contributed by atoms with Gasteiger partial charge < -0.3 is 14.8 Å². The molecule has 4 rings (SSSR count). The van der Waals surface area contributed by atoms with Gasteiger partial charge in [0.25, 0.3) is 5.91 Å². The van der Waals surface area contributed by atoms with Crippen LogP contribution in [0.2, 0.25) is 0 Å². The molecule has 1 N–H and O–H groups in total. The highest BCUT2D eigenvalue weighted by atomic mass is 16.5. The third-order valence-electron chi connectivity index (χ3n) is 4.45. The first-order valence-electron chi connectivity index (χ1n) is 9.84. The van der Waals surface area contributed by atoms with Crippen LogP contribution < -0.4 is 14.8 Å². The van der Waals surface area contributed by atoms with Crippen molar-refractivity contribution in [3.05, 3.63) is 96.4 Å². The second-order valence-corrected chi connectivity index (χ2v) is 6.98. The summed E-state index contributed by atoms with van der Waals surface area (Å²) in [5, 5.41) is 7.08. The molecule has 156 valence electrons. The molecule has 1 amide bonds. The third-order valence-corrected chi connectivity index (χ3v) is 4.45. The lowest BCUT2D eigenvalue weighted by Crippen LogP contribution is -2.20. The van der Waals surface area contributed by atoms with Crippen LogP contribution in [-0.2, 0) is 11.3 Å². The van der Waals surface area contributed by atoms with E-state index in [0.29, 0.717) is 23.9 Å². The summed E-state index contributed by atoms with van der Waals surface area (Å²) in [6.45, 7) is 2.52. The number of anilines is 1. The highest BCUT2D eigenvalue weighted by Gasteiger charge is 2.07. The van der Waals surface area contributed by atoms with Crippen LogP contribution in [0.25, 0.3) is 0 Å². The smallest absolute Gasteiger partial charge is 0.263 e. The Balaban J connectivity index is 1.24. The van der Waals surface area contributed by atoms with Crippen molar-refractivity contribution in [3.8, 4) is 17.2 Å². The molecule has 0 aliphatic rings. The molecule has 0 atom stereocenters. The van der Waals surface area contributed by atoms with Crippen LogP contribution in [0.5, 0.6) is 17.2 Å². The van der Waals surface area contributed by atoms with E-state index in [1.54, 1.807) is 47.4 Å². The Morgan fingerprint density at radius 2 is 1.55 bits per heavy atom. The average molecular weight is 414 g/mol. The summed E-state index contributed by atoms with van der Waals surface area (Å²) < 4.78 is 13.1. The molecule has 0 fully saturated rings. The predicted octanol–water partition coefficient (Wildman–Crippen LogP) is 4.44. The lowest BCUT2D eigenvalue weighted by molar-refractivity contribution is -0.118. The van der Waals surface area contributed by atoms with Crippen LogP contribution in [0.4, 0.5) is 5.82 Å². The Labute approximate surface area is 180 Å². The number of carbonyl (C=O) groups excluding carboxylic acids is 1. The van der Waals surface area contributed by atoms with Crippen molar-refractivity contribution >= 4 is 11.7 Å². The number of nitrogens with one attached hydrogen (secondary N) is 1. The number of ether oxygens (including phenoxy) is 2. The summed E-state index contributed by atoms with van der Waals surface area (Å²) in [6, 6.07) is 20.5. The van der Waals surface area contributed by atoms with Crippen LogP contribution >= 0.6 is 0 Å². The molecule has 2 aromatic heterocycles. The molecule has 0 aliphatic heterocycles. The molecule has 2 heterocycles. The number of benzene rings is 2. The van der Waals surface area contributed by atoms with Crippen molar-refractivity contribution < 1.29 is 14.3 Å². The summed E-state index contributed by atoms with van der Waals surface area (Å²) in [5.41, 5.74) is 2.25. The van der Waals surface area contributed by atoms with Gasteiger partial charge in [-0.25, -0.2) is 0 Å². The van der Waals surface area contributed by atoms with Gasteiger partial charge in [0.2, 0.25) is 0 Å². The maximum absolute atomic E-state index is 12.2. The number of hydrogen-bond acceptors (Lipinski definition) is 5. The monoisotopic (exact) mass is 414 g/mol. The third kappa shape index (κ3) is 5.93. The zero-order valence-corrected chi connectivity index (χ0v) is 17.1. The van der Waals surface area contributed by atoms with Crippen LogP contribution in [-0.4, -0.2) is 27.3 Å². The minimum atomic E-state index is -0.283. The Kier molecular flexibility index (Phi) is 6.23. The molecule has 4 aromatic rings. The van der Waals surface area contributed by atoms with E-state index in [0.717, 1.165) is 11.3 Å². The molecular formula is C24H22N4O3. The van der Waals surface area contributed by atoms with E-state index in [1.165, 1.54) is 5.56 Å². The van der Waals surface area contributed by atoms with Crippen LogP contribution in [0.3, 0.4) is 0 Å². The minimum Gasteiger partial charge on any atom is -0.484 e. The van der Waals surface area contributed by atoms with E-state index in [-0.39, 0.29) is 12.5 Å². The summed E-state index contributed by atoms with van der Waals surface area (Å²) in [4.78, 5) is 16.2. The number of aromatic nitrogens is 3. The lowest BCUT2D eigenvalue weighted by Gasteiger charge is -2.08. The average Bonchev–Trinajstić information content (AvgIpc) is 3.22. The van der Waals surface area contributed by atoms with E-state index in [4.69, 9.17) is 9.47 Å². The fourth-order valence-corrected chi connectivity index (χ4v) is 2.87. The molecular weight excluding hydrogens is 392 g/mol. The molecule has 0 unspecified atom stereocenters. The fraction of sp³-hybridized carbons (Fsp3) is 0.125. The SMILES string of the molecule is Cc1ccc(Oc2ccc(OCC(=O)Nc3ccn(Cc4ccncc4)n3)cc2)cc1. The van der Waals surface area contributed by atoms with Crippen molar-refractivity contribution in [1.29, 1.82) is 0 Å². The van der Waals surface area contributed by atoms with E-state index in [2.05, 4.69) is 15.4 Å². The predicted molar refractivity (Wildman–Crippen MR) is 117 cm³/mol. The van der Waals surface area contributed by atoms with Crippen LogP contribution in [0.15, 0.2) is 85.3 Å². The molecule has 7 nitrogen and oxygen atoms in total.